The summed E-state index contributed by atoms with van der Waals surface area (Å²) in [6, 6.07) is 10.1. The van der Waals surface area contributed by atoms with Gasteiger partial charge in [-0.15, -0.1) is 0 Å². The molecule has 0 unspecified atom stereocenters. The van der Waals surface area contributed by atoms with Gasteiger partial charge in [0.15, 0.2) is 5.82 Å². The number of carbonyl (C=O) groups is 1. The van der Waals surface area contributed by atoms with E-state index < -0.39 is 17.3 Å². The lowest BCUT2D eigenvalue weighted by Gasteiger charge is -2.17. The molecule has 43 heavy (non-hydrogen) atoms. The molecule has 12 nitrogen and oxygen atoms in total. The van der Waals surface area contributed by atoms with Crippen LogP contribution in [0.5, 0.6) is 0 Å². The molecular formula is C30H29FN8O4. The molecule has 1 aliphatic carbocycles. The van der Waals surface area contributed by atoms with E-state index in [2.05, 4.69) is 25.4 Å². The molecular weight excluding hydrogens is 555 g/mol. The van der Waals surface area contributed by atoms with Gasteiger partial charge in [-0.05, 0) is 54.8 Å². The van der Waals surface area contributed by atoms with E-state index in [4.69, 9.17) is 15.2 Å². The molecule has 0 saturated heterocycles. The average Bonchev–Trinajstić information content (AvgIpc) is 3.76. The van der Waals surface area contributed by atoms with Gasteiger partial charge >= 0.3 is 5.97 Å². The van der Waals surface area contributed by atoms with Crippen LogP contribution in [-0.2, 0) is 27.9 Å². The van der Waals surface area contributed by atoms with Gasteiger partial charge in [-0.2, -0.15) is 20.1 Å². The molecule has 3 heterocycles. The maximum Gasteiger partial charge on any atom is 0.332 e. The molecule has 13 heteroatoms. The molecule has 220 valence electrons. The third kappa shape index (κ3) is 5.93. The van der Waals surface area contributed by atoms with Crippen molar-refractivity contribution < 1.29 is 18.7 Å². The van der Waals surface area contributed by atoms with Crippen molar-refractivity contribution in [1.29, 1.82) is 0 Å². The van der Waals surface area contributed by atoms with Crippen LogP contribution in [-0.4, -0.2) is 48.5 Å². The lowest BCUT2D eigenvalue weighted by Crippen LogP contribution is -2.21. The quantitative estimate of drug-likeness (QED) is 0.230. The van der Waals surface area contributed by atoms with Gasteiger partial charge in [-0.3, -0.25) is 14.0 Å². The summed E-state index contributed by atoms with van der Waals surface area (Å²) in [5.41, 5.74) is 8.23. The van der Waals surface area contributed by atoms with Crippen molar-refractivity contribution in [3.05, 3.63) is 82.3 Å². The summed E-state index contributed by atoms with van der Waals surface area (Å²) in [6.07, 6.45) is 6.95. The number of nitrogens with one attached hydrogen (secondary N) is 1. The molecule has 3 aromatic heterocycles. The standard InChI is InChI=1S/C30H29FN8O4/c1-3-42-16-25(40)43-15-22-21(27-35-29(32)37-30(36-27)34-20-13-33-38(2)14-20)5-4-6-24(22)39-10-9-18-11-19(17-7-8-17)12-23(31)26(18)28(39)41/h4-6,9-14,17H,3,7-8,15-16H2,1-2H3,(H3,32,34,35,36,37). The molecule has 5 aromatic rings. The maximum atomic E-state index is 15.3. The third-order valence-electron chi connectivity index (χ3n) is 7.09. The number of aryl methyl sites for hydroxylation is 1. The zero-order chi connectivity index (χ0) is 30.1. The van der Waals surface area contributed by atoms with E-state index in [0.717, 1.165) is 18.4 Å². The monoisotopic (exact) mass is 584 g/mol. The fraction of sp³-hybridized carbons (Fsp3) is 0.267. The summed E-state index contributed by atoms with van der Waals surface area (Å²) in [4.78, 5) is 39.2. The second kappa shape index (κ2) is 11.6. The van der Waals surface area contributed by atoms with Gasteiger partial charge in [0.05, 0.1) is 23.0 Å². The van der Waals surface area contributed by atoms with E-state index >= 15 is 4.39 Å². The largest absolute Gasteiger partial charge is 0.459 e. The molecule has 1 aliphatic rings. The molecule has 0 amide bonds. The number of ether oxygens (including phenoxy) is 2. The van der Waals surface area contributed by atoms with E-state index in [1.54, 1.807) is 61.5 Å². The molecule has 3 N–H and O–H groups in total. The summed E-state index contributed by atoms with van der Waals surface area (Å²) >= 11 is 0. The molecule has 6 rings (SSSR count). The highest BCUT2D eigenvalue weighted by atomic mass is 19.1. The van der Waals surface area contributed by atoms with Crippen molar-refractivity contribution in [3.63, 3.8) is 0 Å². The predicted molar refractivity (Wildman–Crippen MR) is 157 cm³/mol. The Morgan fingerprint density at radius 1 is 1.19 bits per heavy atom. The predicted octanol–water partition coefficient (Wildman–Crippen LogP) is 4.00. The van der Waals surface area contributed by atoms with Crippen molar-refractivity contribution in [1.82, 2.24) is 29.3 Å². The molecule has 0 spiro atoms. The van der Waals surface area contributed by atoms with Gasteiger partial charge in [0, 0.05) is 37.2 Å². The Kier molecular flexibility index (Phi) is 7.55. The number of rotatable bonds is 10. The van der Waals surface area contributed by atoms with E-state index in [1.807, 2.05) is 6.07 Å². The third-order valence-corrected chi connectivity index (χ3v) is 7.09. The topological polar surface area (TPSA) is 152 Å². The Hall–Kier alpha value is -5.17. The summed E-state index contributed by atoms with van der Waals surface area (Å²) in [5, 5.41) is 7.67. The zero-order valence-corrected chi connectivity index (χ0v) is 23.6. The number of nitrogen functional groups attached to an aromatic ring is 1. The molecule has 2 aromatic carbocycles. The molecule has 1 saturated carbocycles. The first-order valence-electron chi connectivity index (χ1n) is 13.8. The van der Waals surface area contributed by atoms with Crippen molar-refractivity contribution >= 4 is 34.3 Å². The molecule has 0 radical (unpaired) electrons. The molecule has 1 fully saturated rings. The number of nitrogens with two attached hydrogens (primary N) is 1. The minimum absolute atomic E-state index is 0.0241. The Morgan fingerprint density at radius 2 is 2.02 bits per heavy atom. The van der Waals surface area contributed by atoms with E-state index in [1.165, 1.54) is 10.6 Å². The lowest BCUT2D eigenvalue weighted by molar-refractivity contribution is -0.150. The van der Waals surface area contributed by atoms with Gasteiger partial charge in [0.1, 0.15) is 19.0 Å². The zero-order valence-electron chi connectivity index (χ0n) is 23.6. The van der Waals surface area contributed by atoms with E-state index in [-0.39, 0.29) is 36.3 Å². The second-order valence-electron chi connectivity index (χ2n) is 10.2. The summed E-state index contributed by atoms with van der Waals surface area (Å²) < 4.78 is 29.0. The van der Waals surface area contributed by atoms with Gasteiger partial charge in [-0.25, -0.2) is 9.18 Å². The van der Waals surface area contributed by atoms with Crippen molar-refractivity contribution in [3.8, 4) is 17.1 Å². The van der Waals surface area contributed by atoms with Gasteiger partial charge in [0.25, 0.3) is 5.56 Å². The van der Waals surface area contributed by atoms with Crippen LogP contribution in [0.1, 0.15) is 36.8 Å². The number of esters is 1. The minimum Gasteiger partial charge on any atom is -0.459 e. The van der Waals surface area contributed by atoms with Crippen LogP contribution in [0, 0.1) is 5.82 Å². The highest BCUT2D eigenvalue weighted by Gasteiger charge is 2.26. The minimum atomic E-state index is -0.596. The first-order valence-corrected chi connectivity index (χ1v) is 13.8. The molecule has 0 atom stereocenters. The summed E-state index contributed by atoms with van der Waals surface area (Å²) in [7, 11) is 1.77. The number of aromatic nitrogens is 6. The van der Waals surface area contributed by atoms with Gasteiger partial charge in [0.2, 0.25) is 11.9 Å². The molecule has 0 bridgehead atoms. The first kappa shape index (κ1) is 28.0. The van der Waals surface area contributed by atoms with Crippen LogP contribution in [0.4, 0.5) is 22.0 Å². The van der Waals surface area contributed by atoms with Crippen LogP contribution in [0.15, 0.2) is 59.8 Å². The number of anilines is 3. The van der Waals surface area contributed by atoms with Crippen molar-refractivity contribution in [2.75, 3.05) is 24.3 Å². The first-order chi connectivity index (χ1) is 20.8. The highest BCUT2D eigenvalue weighted by molar-refractivity contribution is 5.84. The van der Waals surface area contributed by atoms with Gasteiger partial charge < -0.3 is 20.5 Å². The number of carbonyl (C=O) groups excluding carboxylic acids is 1. The highest BCUT2D eigenvalue weighted by Crippen LogP contribution is 2.41. The normalized spacial score (nSPS) is 12.9. The van der Waals surface area contributed by atoms with E-state index in [0.29, 0.717) is 40.4 Å². The molecule has 0 aliphatic heterocycles. The Bertz CT molecular complexity index is 1900. The number of hydrogen-bond acceptors (Lipinski definition) is 10. The number of nitrogens with zero attached hydrogens (tertiary/aromatic N) is 6. The van der Waals surface area contributed by atoms with Crippen LogP contribution in [0.25, 0.3) is 27.8 Å². The smallest absolute Gasteiger partial charge is 0.332 e. The Morgan fingerprint density at radius 3 is 2.77 bits per heavy atom. The Balaban J connectivity index is 1.46. The van der Waals surface area contributed by atoms with Crippen LogP contribution < -0.4 is 16.6 Å². The number of fused-ring (bicyclic) bond motifs is 1. The number of pyridine rings is 1. The maximum absolute atomic E-state index is 15.3. The van der Waals surface area contributed by atoms with Gasteiger partial charge in [-0.1, -0.05) is 18.2 Å². The Labute approximate surface area is 245 Å². The van der Waals surface area contributed by atoms with Crippen LogP contribution >= 0.6 is 0 Å². The number of hydrogen-bond donors (Lipinski definition) is 2. The summed E-state index contributed by atoms with van der Waals surface area (Å²) in [5.74, 6) is -0.557. The summed E-state index contributed by atoms with van der Waals surface area (Å²) in [6.45, 7) is 1.62. The van der Waals surface area contributed by atoms with Crippen LogP contribution in [0.2, 0.25) is 0 Å². The SMILES string of the molecule is CCOCC(=O)OCc1c(-c2nc(N)nc(Nc3cnn(C)c3)n2)cccc1-n1ccc2cc(C3CC3)cc(F)c2c1=O. The second-order valence-corrected chi connectivity index (χ2v) is 10.2. The van der Waals surface area contributed by atoms with E-state index in [9.17, 15) is 9.59 Å². The number of halogens is 1. The number of benzene rings is 2. The lowest BCUT2D eigenvalue weighted by atomic mass is 10.0. The fourth-order valence-electron chi connectivity index (χ4n) is 4.92. The van der Waals surface area contributed by atoms with Crippen LogP contribution in [0.3, 0.4) is 0 Å². The van der Waals surface area contributed by atoms with Crippen molar-refractivity contribution in [2.24, 2.45) is 7.05 Å². The van der Waals surface area contributed by atoms with Crippen molar-refractivity contribution in [2.45, 2.75) is 32.3 Å². The fourth-order valence-corrected chi connectivity index (χ4v) is 4.92. The average molecular weight is 585 g/mol.